The van der Waals surface area contributed by atoms with Crippen LogP contribution in [-0.2, 0) is 6.54 Å². The Hall–Kier alpha value is -2.10. The highest BCUT2D eigenvalue weighted by Crippen LogP contribution is 2.18. The van der Waals surface area contributed by atoms with Crippen LogP contribution in [0.25, 0.3) is 0 Å². The summed E-state index contributed by atoms with van der Waals surface area (Å²) < 4.78 is 26.4. The smallest absolute Gasteiger partial charge is 0.146 e. The number of nitrogen functional groups attached to an aromatic ring is 1. The molecule has 0 fully saturated rings. The van der Waals surface area contributed by atoms with Crippen molar-refractivity contribution in [3.63, 3.8) is 0 Å². The van der Waals surface area contributed by atoms with E-state index < -0.39 is 5.82 Å². The van der Waals surface area contributed by atoms with Gasteiger partial charge in [-0.3, -0.25) is 0 Å². The molecular formula is C14H14F2N2. The second kappa shape index (κ2) is 5.04. The first-order valence-corrected chi connectivity index (χ1v) is 5.57. The van der Waals surface area contributed by atoms with Crippen LogP contribution in [-0.4, -0.2) is 7.05 Å². The first-order chi connectivity index (χ1) is 8.56. The Morgan fingerprint density at radius 1 is 1.11 bits per heavy atom. The van der Waals surface area contributed by atoms with Crippen LogP contribution in [0.1, 0.15) is 5.56 Å². The van der Waals surface area contributed by atoms with E-state index in [9.17, 15) is 8.78 Å². The number of halogens is 2. The molecule has 0 heterocycles. The minimum absolute atomic E-state index is 0.132. The summed E-state index contributed by atoms with van der Waals surface area (Å²) in [6, 6.07) is 11.0. The molecule has 0 amide bonds. The fraction of sp³-hybridized carbons (Fsp3) is 0.143. The Morgan fingerprint density at radius 3 is 2.56 bits per heavy atom. The molecule has 0 bridgehead atoms. The molecule has 0 saturated carbocycles. The van der Waals surface area contributed by atoms with Crippen LogP contribution in [0.3, 0.4) is 0 Å². The van der Waals surface area contributed by atoms with Gasteiger partial charge in [-0.25, -0.2) is 8.78 Å². The van der Waals surface area contributed by atoms with E-state index in [4.69, 9.17) is 5.73 Å². The van der Waals surface area contributed by atoms with Gasteiger partial charge in [-0.15, -0.1) is 0 Å². The third kappa shape index (κ3) is 2.77. The molecule has 0 aliphatic carbocycles. The average Bonchev–Trinajstić information content (AvgIpc) is 2.34. The van der Waals surface area contributed by atoms with Crippen molar-refractivity contribution in [1.29, 1.82) is 0 Å². The summed E-state index contributed by atoms with van der Waals surface area (Å²) in [5, 5.41) is 0. The van der Waals surface area contributed by atoms with Crippen molar-refractivity contribution < 1.29 is 8.78 Å². The molecule has 0 aliphatic rings. The van der Waals surface area contributed by atoms with Crippen LogP contribution in [0.4, 0.5) is 20.2 Å². The predicted octanol–water partition coefficient (Wildman–Crippen LogP) is 3.18. The van der Waals surface area contributed by atoms with Gasteiger partial charge in [0.15, 0.2) is 0 Å². The summed E-state index contributed by atoms with van der Waals surface area (Å²) in [7, 11) is 1.82. The summed E-state index contributed by atoms with van der Waals surface area (Å²) in [4.78, 5) is 1.84. The highest BCUT2D eigenvalue weighted by atomic mass is 19.1. The second-order valence-corrected chi connectivity index (χ2v) is 4.19. The number of hydrogen-bond acceptors (Lipinski definition) is 2. The highest BCUT2D eigenvalue weighted by molar-refractivity contribution is 5.47. The number of benzene rings is 2. The molecule has 18 heavy (non-hydrogen) atoms. The summed E-state index contributed by atoms with van der Waals surface area (Å²) in [5.74, 6) is -0.719. The van der Waals surface area contributed by atoms with E-state index in [0.717, 1.165) is 11.3 Å². The number of hydrogen-bond donors (Lipinski definition) is 1. The molecule has 0 spiro atoms. The quantitative estimate of drug-likeness (QED) is 0.845. The van der Waals surface area contributed by atoms with Crippen molar-refractivity contribution in [3.05, 3.63) is 59.7 Å². The van der Waals surface area contributed by atoms with E-state index in [1.54, 1.807) is 18.2 Å². The SMILES string of the molecule is CN(Cc1ccc(N)c(F)c1)c1cccc(F)c1. The lowest BCUT2D eigenvalue weighted by atomic mass is 10.2. The summed E-state index contributed by atoms with van der Waals surface area (Å²) in [6.07, 6.45) is 0. The molecule has 94 valence electrons. The lowest BCUT2D eigenvalue weighted by Crippen LogP contribution is -2.16. The fourth-order valence-corrected chi connectivity index (χ4v) is 1.75. The van der Waals surface area contributed by atoms with Gasteiger partial charge in [-0.1, -0.05) is 12.1 Å². The van der Waals surface area contributed by atoms with Gasteiger partial charge in [0.05, 0.1) is 5.69 Å². The molecule has 2 nitrogen and oxygen atoms in total. The van der Waals surface area contributed by atoms with E-state index in [-0.39, 0.29) is 11.5 Å². The predicted molar refractivity (Wildman–Crippen MR) is 69.3 cm³/mol. The zero-order valence-corrected chi connectivity index (χ0v) is 10.0. The summed E-state index contributed by atoms with van der Waals surface area (Å²) in [5.41, 5.74) is 7.07. The first kappa shape index (κ1) is 12.4. The maximum absolute atomic E-state index is 13.3. The summed E-state index contributed by atoms with van der Waals surface area (Å²) in [6.45, 7) is 0.487. The standard InChI is InChI=1S/C14H14F2N2/c1-18(12-4-2-3-11(15)8-12)9-10-5-6-14(17)13(16)7-10/h2-8H,9,17H2,1H3. The largest absolute Gasteiger partial charge is 0.396 e. The topological polar surface area (TPSA) is 29.3 Å². The number of nitrogens with zero attached hydrogens (tertiary/aromatic N) is 1. The van der Waals surface area contributed by atoms with Gasteiger partial charge in [-0.05, 0) is 35.9 Å². The zero-order valence-electron chi connectivity index (χ0n) is 10.0. The zero-order chi connectivity index (χ0) is 13.1. The maximum atomic E-state index is 13.3. The van der Waals surface area contributed by atoms with Crippen molar-refractivity contribution in [2.45, 2.75) is 6.54 Å². The molecule has 0 saturated heterocycles. The van der Waals surface area contributed by atoms with E-state index in [1.807, 2.05) is 11.9 Å². The van der Waals surface area contributed by atoms with Crippen LogP contribution in [0.15, 0.2) is 42.5 Å². The van der Waals surface area contributed by atoms with E-state index in [1.165, 1.54) is 24.3 Å². The molecule has 0 atom stereocenters. The molecule has 0 aromatic heterocycles. The monoisotopic (exact) mass is 248 g/mol. The normalized spacial score (nSPS) is 10.4. The van der Waals surface area contributed by atoms with Gasteiger partial charge in [0.25, 0.3) is 0 Å². The highest BCUT2D eigenvalue weighted by Gasteiger charge is 2.05. The van der Waals surface area contributed by atoms with Crippen molar-refractivity contribution in [2.24, 2.45) is 0 Å². The van der Waals surface area contributed by atoms with E-state index in [0.29, 0.717) is 6.54 Å². The number of rotatable bonds is 3. The van der Waals surface area contributed by atoms with Gasteiger partial charge in [-0.2, -0.15) is 0 Å². The van der Waals surface area contributed by atoms with Gasteiger partial charge >= 0.3 is 0 Å². The minimum Gasteiger partial charge on any atom is -0.396 e. The molecule has 2 aromatic carbocycles. The Balaban J connectivity index is 2.16. The maximum Gasteiger partial charge on any atom is 0.146 e. The summed E-state index contributed by atoms with van der Waals surface area (Å²) >= 11 is 0. The number of anilines is 2. The van der Waals surface area contributed by atoms with Crippen LogP contribution in [0, 0.1) is 11.6 Å². The minimum atomic E-state index is -0.430. The molecule has 2 rings (SSSR count). The van der Waals surface area contributed by atoms with Crippen LogP contribution in [0.2, 0.25) is 0 Å². The molecule has 2 aromatic rings. The van der Waals surface area contributed by atoms with Gasteiger partial charge in [0, 0.05) is 19.3 Å². The molecule has 0 aliphatic heterocycles. The lowest BCUT2D eigenvalue weighted by Gasteiger charge is -2.19. The Labute approximate surface area is 105 Å². The van der Waals surface area contributed by atoms with Crippen molar-refractivity contribution in [3.8, 4) is 0 Å². The van der Waals surface area contributed by atoms with Crippen molar-refractivity contribution in [2.75, 3.05) is 17.7 Å². The third-order valence-electron chi connectivity index (χ3n) is 2.73. The third-order valence-corrected chi connectivity index (χ3v) is 2.73. The van der Waals surface area contributed by atoms with Crippen LogP contribution in [0.5, 0.6) is 0 Å². The molecular weight excluding hydrogens is 234 g/mol. The molecule has 4 heteroatoms. The van der Waals surface area contributed by atoms with Gasteiger partial charge < -0.3 is 10.6 Å². The Morgan fingerprint density at radius 2 is 1.89 bits per heavy atom. The second-order valence-electron chi connectivity index (χ2n) is 4.19. The van der Waals surface area contributed by atoms with Crippen molar-refractivity contribution >= 4 is 11.4 Å². The van der Waals surface area contributed by atoms with Gasteiger partial charge in [0.1, 0.15) is 11.6 Å². The average molecular weight is 248 g/mol. The lowest BCUT2D eigenvalue weighted by molar-refractivity contribution is 0.626. The first-order valence-electron chi connectivity index (χ1n) is 5.57. The van der Waals surface area contributed by atoms with Gasteiger partial charge in [0.2, 0.25) is 0 Å². The Kier molecular flexibility index (Phi) is 3.46. The molecule has 0 radical (unpaired) electrons. The van der Waals surface area contributed by atoms with E-state index in [2.05, 4.69) is 0 Å². The Bertz CT molecular complexity index is 555. The molecule has 0 unspecified atom stereocenters. The van der Waals surface area contributed by atoms with Crippen LogP contribution < -0.4 is 10.6 Å². The van der Waals surface area contributed by atoms with Crippen LogP contribution >= 0.6 is 0 Å². The fourth-order valence-electron chi connectivity index (χ4n) is 1.75. The molecule has 2 N–H and O–H groups in total. The number of nitrogens with two attached hydrogens (primary N) is 1. The van der Waals surface area contributed by atoms with E-state index >= 15 is 0 Å². The van der Waals surface area contributed by atoms with Crippen molar-refractivity contribution in [1.82, 2.24) is 0 Å².